The highest BCUT2D eigenvalue weighted by atomic mass is 32.3. The zero-order valence-electron chi connectivity index (χ0n) is 9.14. The van der Waals surface area contributed by atoms with Crippen LogP contribution in [0.3, 0.4) is 0 Å². The van der Waals surface area contributed by atoms with E-state index in [1.165, 1.54) is 12.1 Å². The first kappa shape index (κ1) is 12.7. The van der Waals surface area contributed by atoms with E-state index in [4.69, 9.17) is 0 Å². The zero-order valence-corrected chi connectivity index (χ0v) is 9.95. The summed E-state index contributed by atoms with van der Waals surface area (Å²) in [6.45, 7) is 7.66. The molecule has 1 rings (SSSR count). The lowest BCUT2D eigenvalue weighted by molar-refractivity contribution is 0.372. The van der Waals surface area contributed by atoms with Crippen molar-refractivity contribution < 1.29 is 17.2 Å². The quantitative estimate of drug-likeness (QED) is 0.459. The largest absolute Gasteiger partial charge is 0.716 e. The molecule has 0 saturated carbocycles. The minimum Gasteiger partial charge on any atom is -0.716 e. The van der Waals surface area contributed by atoms with Crippen LogP contribution in [0, 0.1) is 0 Å². The molecule has 0 amide bonds. The molecular formula is C11H13O4S-. The fourth-order valence-electron chi connectivity index (χ4n) is 1.18. The first-order valence-electron chi connectivity index (χ1n) is 4.64. The van der Waals surface area contributed by atoms with Crippen molar-refractivity contribution in [3.63, 3.8) is 0 Å². The van der Waals surface area contributed by atoms with Crippen molar-refractivity contribution in [2.75, 3.05) is 0 Å². The third-order valence-corrected chi connectivity index (χ3v) is 2.70. The fraction of sp³-hybridized carbons (Fsp3) is 0.273. The van der Waals surface area contributed by atoms with E-state index in [-0.39, 0.29) is 11.2 Å². The van der Waals surface area contributed by atoms with Gasteiger partial charge in [0.1, 0.15) is 5.75 Å². The van der Waals surface area contributed by atoms with Crippen LogP contribution in [0.2, 0.25) is 0 Å². The summed E-state index contributed by atoms with van der Waals surface area (Å²) in [4.78, 5) is 0. The van der Waals surface area contributed by atoms with Gasteiger partial charge in [0.25, 0.3) is 10.4 Å². The van der Waals surface area contributed by atoms with Gasteiger partial charge >= 0.3 is 0 Å². The summed E-state index contributed by atoms with van der Waals surface area (Å²) < 4.78 is 35.2. The molecule has 0 unspecified atom stereocenters. The van der Waals surface area contributed by atoms with E-state index < -0.39 is 10.4 Å². The standard InChI is InChI=1S/C11H14O4S/c1-4-11(2,3)9-5-7-10(8-6-9)15-16(12,13)14/h4-8H,1H2,2-3H3,(H,12,13,14)/p-1. The van der Waals surface area contributed by atoms with Crippen LogP contribution in [-0.2, 0) is 15.8 Å². The zero-order chi connectivity index (χ0) is 12.4. The van der Waals surface area contributed by atoms with Crippen molar-refractivity contribution in [2.24, 2.45) is 0 Å². The lowest BCUT2D eigenvalue weighted by Crippen LogP contribution is -2.13. The van der Waals surface area contributed by atoms with Gasteiger partial charge in [-0.05, 0) is 17.7 Å². The molecular weight excluding hydrogens is 228 g/mol. The Kier molecular flexibility index (Phi) is 3.40. The second kappa shape index (κ2) is 4.27. The fourth-order valence-corrected chi connectivity index (χ4v) is 1.52. The van der Waals surface area contributed by atoms with Gasteiger partial charge in [0.05, 0.1) is 0 Å². The summed E-state index contributed by atoms with van der Waals surface area (Å²) in [5, 5.41) is 0. The molecule has 0 saturated heterocycles. The van der Waals surface area contributed by atoms with Crippen LogP contribution in [0.25, 0.3) is 0 Å². The smallest absolute Gasteiger partial charge is 0.262 e. The van der Waals surface area contributed by atoms with E-state index in [1.807, 2.05) is 13.8 Å². The molecule has 1 aromatic carbocycles. The third kappa shape index (κ3) is 3.36. The molecule has 0 atom stereocenters. The normalized spacial score (nSPS) is 12.2. The summed E-state index contributed by atoms with van der Waals surface area (Å²) in [5.41, 5.74) is 0.743. The minimum atomic E-state index is -4.70. The van der Waals surface area contributed by atoms with Gasteiger partial charge in [-0.1, -0.05) is 32.1 Å². The van der Waals surface area contributed by atoms with Crippen molar-refractivity contribution >= 4 is 10.4 Å². The summed E-state index contributed by atoms with van der Waals surface area (Å²) in [6, 6.07) is 6.27. The predicted octanol–water partition coefficient (Wildman–Crippen LogP) is 1.99. The first-order chi connectivity index (χ1) is 7.24. The summed E-state index contributed by atoms with van der Waals surface area (Å²) in [6.07, 6.45) is 1.78. The molecule has 0 aliphatic rings. The number of hydrogen-bond donors (Lipinski definition) is 0. The molecule has 5 heteroatoms. The molecule has 0 aromatic heterocycles. The van der Waals surface area contributed by atoms with E-state index in [9.17, 15) is 13.0 Å². The molecule has 16 heavy (non-hydrogen) atoms. The minimum absolute atomic E-state index is 0.0126. The second-order valence-corrected chi connectivity index (χ2v) is 4.92. The molecule has 88 valence electrons. The molecule has 0 bridgehead atoms. The van der Waals surface area contributed by atoms with Crippen LogP contribution in [0.4, 0.5) is 0 Å². The van der Waals surface area contributed by atoms with Gasteiger partial charge < -0.3 is 8.74 Å². The van der Waals surface area contributed by atoms with E-state index in [2.05, 4.69) is 10.8 Å². The summed E-state index contributed by atoms with van der Waals surface area (Å²) in [5.74, 6) is 0.0126. The van der Waals surface area contributed by atoms with Gasteiger partial charge in [-0.2, -0.15) is 0 Å². The van der Waals surface area contributed by atoms with Crippen LogP contribution in [-0.4, -0.2) is 13.0 Å². The molecule has 0 aliphatic carbocycles. The average Bonchev–Trinajstić information content (AvgIpc) is 2.16. The third-order valence-electron chi connectivity index (χ3n) is 2.31. The van der Waals surface area contributed by atoms with Crippen LogP contribution in [0.1, 0.15) is 19.4 Å². The molecule has 0 N–H and O–H groups in total. The van der Waals surface area contributed by atoms with Crippen LogP contribution in [0.5, 0.6) is 5.75 Å². The van der Waals surface area contributed by atoms with Crippen LogP contribution in [0.15, 0.2) is 36.9 Å². The van der Waals surface area contributed by atoms with Gasteiger partial charge in [-0.3, -0.25) is 0 Å². The molecule has 1 aromatic rings. The summed E-state index contributed by atoms with van der Waals surface area (Å²) in [7, 11) is -4.70. The van der Waals surface area contributed by atoms with Gasteiger partial charge in [-0.25, -0.2) is 8.42 Å². The van der Waals surface area contributed by atoms with E-state index in [0.29, 0.717) is 0 Å². The number of rotatable bonds is 4. The van der Waals surface area contributed by atoms with Gasteiger partial charge in [0.2, 0.25) is 0 Å². The lowest BCUT2D eigenvalue weighted by atomic mass is 9.85. The Balaban J connectivity index is 2.96. The van der Waals surface area contributed by atoms with Gasteiger partial charge in [-0.15, -0.1) is 6.58 Å². The SMILES string of the molecule is C=CC(C)(C)c1ccc(OS(=O)(=O)[O-])cc1. The molecule has 4 nitrogen and oxygen atoms in total. The number of hydrogen-bond acceptors (Lipinski definition) is 4. The Labute approximate surface area is 95.5 Å². The van der Waals surface area contributed by atoms with Crippen molar-refractivity contribution in [1.82, 2.24) is 0 Å². The highest BCUT2D eigenvalue weighted by molar-refractivity contribution is 7.81. The number of allylic oxidation sites excluding steroid dienone is 1. The molecule has 0 aliphatic heterocycles. The van der Waals surface area contributed by atoms with Gasteiger partial charge in [0, 0.05) is 5.41 Å². The van der Waals surface area contributed by atoms with Crippen LogP contribution < -0.4 is 4.18 Å². The van der Waals surface area contributed by atoms with Crippen LogP contribution >= 0.6 is 0 Å². The molecule has 0 spiro atoms. The van der Waals surface area contributed by atoms with Crippen molar-refractivity contribution in [3.05, 3.63) is 42.5 Å². The Bertz CT molecular complexity index is 471. The second-order valence-electron chi connectivity index (χ2n) is 3.94. The topological polar surface area (TPSA) is 66.4 Å². The molecule has 0 fully saturated rings. The first-order valence-corrected chi connectivity index (χ1v) is 5.97. The monoisotopic (exact) mass is 241 g/mol. The predicted molar refractivity (Wildman–Crippen MR) is 60.0 cm³/mol. The Morgan fingerprint density at radius 2 is 1.81 bits per heavy atom. The van der Waals surface area contributed by atoms with Crippen molar-refractivity contribution in [2.45, 2.75) is 19.3 Å². The van der Waals surface area contributed by atoms with E-state index >= 15 is 0 Å². The Hall–Kier alpha value is -1.33. The maximum absolute atomic E-state index is 10.3. The maximum Gasteiger partial charge on any atom is 0.262 e. The van der Waals surface area contributed by atoms with Gasteiger partial charge in [0.15, 0.2) is 0 Å². The average molecular weight is 241 g/mol. The lowest BCUT2D eigenvalue weighted by Gasteiger charge is -2.20. The number of benzene rings is 1. The Morgan fingerprint density at radius 1 is 1.31 bits per heavy atom. The highest BCUT2D eigenvalue weighted by Gasteiger charge is 2.15. The Morgan fingerprint density at radius 3 is 2.19 bits per heavy atom. The molecule has 0 heterocycles. The molecule has 0 radical (unpaired) electrons. The maximum atomic E-state index is 10.3. The van der Waals surface area contributed by atoms with Crippen molar-refractivity contribution in [3.8, 4) is 5.75 Å². The highest BCUT2D eigenvalue weighted by Crippen LogP contribution is 2.26. The van der Waals surface area contributed by atoms with E-state index in [1.54, 1.807) is 18.2 Å². The summed E-state index contributed by atoms with van der Waals surface area (Å²) >= 11 is 0. The van der Waals surface area contributed by atoms with E-state index in [0.717, 1.165) is 5.56 Å². The van der Waals surface area contributed by atoms with Crippen molar-refractivity contribution in [1.29, 1.82) is 0 Å².